The molecule has 2 rings (SSSR count). The van der Waals surface area contributed by atoms with E-state index in [0.717, 1.165) is 0 Å². The minimum Gasteiger partial charge on any atom is -0.456 e. The van der Waals surface area contributed by atoms with Crippen LogP contribution in [0.3, 0.4) is 0 Å². The van der Waals surface area contributed by atoms with Crippen molar-refractivity contribution in [3.05, 3.63) is 52.8 Å². The van der Waals surface area contributed by atoms with Gasteiger partial charge in [0.1, 0.15) is 17.3 Å². The summed E-state index contributed by atoms with van der Waals surface area (Å²) in [6.45, 7) is 1.77. The lowest BCUT2D eigenvalue weighted by atomic mass is 10.2. The average molecular weight is 252 g/mol. The van der Waals surface area contributed by atoms with Gasteiger partial charge in [-0.25, -0.2) is 4.39 Å². The monoisotopic (exact) mass is 251 g/mol. The van der Waals surface area contributed by atoms with Crippen molar-refractivity contribution in [2.75, 3.05) is 5.73 Å². The first-order chi connectivity index (χ1) is 8.06. The second-order valence-corrected chi connectivity index (χ2v) is 4.11. The van der Waals surface area contributed by atoms with Gasteiger partial charge in [-0.1, -0.05) is 11.6 Å². The normalized spacial score (nSPS) is 10.3. The van der Waals surface area contributed by atoms with E-state index in [1.54, 1.807) is 31.2 Å². The van der Waals surface area contributed by atoms with E-state index in [-0.39, 0.29) is 5.82 Å². The number of nitrogens with two attached hydrogens (primary N) is 1. The summed E-state index contributed by atoms with van der Waals surface area (Å²) in [5, 5.41) is 0.425. The number of benzene rings is 2. The van der Waals surface area contributed by atoms with Crippen molar-refractivity contribution in [2.45, 2.75) is 6.92 Å². The van der Waals surface area contributed by atoms with E-state index < -0.39 is 0 Å². The summed E-state index contributed by atoms with van der Waals surface area (Å²) in [6.07, 6.45) is 0. The van der Waals surface area contributed by atoms with Crippen molar-refractivity contribution in [1.82, 2.24) is 0 Å². The first kappa shape index (κ1) is 11.7. The fourth-order valence-electron chi connectivity index (χ4n) is 1.45. The minimum absolute atomic E-state index is 0.293. The third-order valence-corrected chi connectivity index (χ3v) is 2.61. The van der Waals surface area contributed by atoms with Crippen LogP contribution in [-0.2, 0) is 0 Å². The maximum atomic E-state index is 12.9. The zero-order chi connectivity index (χ0) is 12.4. The summed E-state index contributed by atoms with van der Waals surface area (Å²) in [5.74, 6) is 0.770. The standard InChI is InChI=1S/C13H11ClFNO/c1-8-6-9(15)2-4-12(8)17-13-5-3-10(16)7-11(13)14/h2-7H,16H2,1H3. The Morgan fingerprint density at radius 3 is 2.47 bits per heavy atom. The van der Waals surface area contributed by atoms with E-state index in [1.165, 1.54) is 12.1 Å². The van der Waals surface area contributed by atoms with Crippen LogP contribution in [0.15, 0.2) is 36.4 Å². The fraction of sp³-hybridized carbons (Fsp3) is 0.0769. The lowest BCUT2D eigenvalue weighted by Gasteiger charge is -2.10. The Labute approximate surface area is 104 Å². The van der Waals surface area contributed by atoms with Crippen LogP contribution in [0.25, 0.3) is 0 Å². The molecule has 88 valence electrons. The average Bonchev–Trinajstić information content (AvgIpc) is 2.25. The van der Waals surface area contributed by atoms with E-state index >= 15 is 0 Å². The number of hydrogen-bond acceptors (Lipinski definition) is 2. The van der Waals surface area contributed by atoms with E-state index in [0.29, 0.717) is 27.8 Å². The highest BCUT2D eigenvalue weighted by molar-refractivity contribution is 6.32. The number of anilines is 1. The van der Waals surface area contributed by atoms with Gasteiger partial charge in [-0.3, -0.25) is 0 Å². The highest BCUT2D eigenvalue weighted by atomic mass is 35.5. The number of rotatable bonds is 2. The van der Waals surface area contributed by atoms with Gasteiger partial charge in [0, 0.05) is 5.69 Å². The number of halogens is 2. The molecule has 17 heavy (non-hydrogen) atoms. The molecular formula is C13H11ClFNO. The summed E-state index contributed by atoms with van der Waals surface area (Å²) < 4.78 is 18.5. The number of ether oxygens (including phenoxy) is 1. The van der Waals surface area contributed by atoms with Crippen LogP contribution < -0.4 is 10.5 Å². The molecule has 0 aliphatic rings. The Morgan fingerprint density at radius 1 is 1.12 bits per heavy atom. The van der Waals surface area contributed by atoms with Gasteiger partial charge in [0.2, 0.25) is 0 Å². The fourth-order valence-corrected chi connectivity index (χ4v) is 1.67. The molecule has 2 aromatic carbocycles. The molecule has 0 spiro atoms. The van der Waals surface area contributed by atoms with Crippen LogP contribution in [0.4, 0.5) is 10.1 Å². The second-order valence-electron chi connectivity index (χ2n) is 3.70. The molecule has 0 fully saturated rings. The lowest BCUT2D eigenvalue weighted by Crippen LogP contribution is -1.91. The van der Waals surface area contributed by atoms with Crippen LogP contribution >= 0.6 is 11.6 Å². The van der Waals surface area contributed by atoms with Crippen molar-refractivity contribution < 1.29 is 9.13 Å². The Morgan fingerprint density at radius 2 is 1.82 bits per heavy atom. The largest absolute Gasteiger partial charge is 0.456 e. The van der Waals surface area contributed by atoms with Crippen LogP contribution in [0.2, 0.25) is 5.02 Å². The Balaban J connectivity index is 2.31. The molecule has 0 saturated heterocycles. The maximum absolute atomic E-state index is 12.9. The molecule has 2 nitrogen and oxygen atoms in total. The zero-order valence-electron chi connectivity index (χ0n) is 9.21. The van der Waals surface area contributed by atoms with E-state index in [9.17, 15) is 4.39 Å². The summed E-state index contributed by atoms with van der Waals surface area (Å²) in [6, 6.07) is 9.29. The number of aryl methyl sites for hydroxylation is 1. The van der Waals surface area contributed by atoms with Crippen molar-refractivity contribution in [3.63, 3.8) is 0 Å². The predicted octanol–water partition coefficient (Wildman–Crippen LogP) is 4.16. The van der Waals surface area contributed by atoms with E-state index in [2.05, 4.69) is 0 Å². The molecule has 4 heteroatoms. The van der Waals surface area contributed by atoms with Gasteiger partial charge in [0.05, 0.1) is 5.02 Å². The first-order valence-electron chi connectivity index (χ1n) is 5.05. The molecule has 0 unspecified atom stereocenters. The summed E-state index contributed by atoms with van der Waals surface area (Å²) in [4.78, 5) is 0. The predicted molar refractivity (Wildman–Crippen MR) is 67.1 cm³/mol. The Hall–Kier alpha value is -1.74. The number of hydrogen-bond donors (Lipinski definition) is 1. The van der Waals surface area contributed by atoms with Crippen molar-refractivity contribution >= 4 is 17.3 Å². The van der Waals surface area contributed by atoms with Crippen LogP contribution in [0.5, 0.6) is 11.5 Å². The van der Waals surface area contributed by atoms with Gasteiger partial charge in [0.25, 0.3) is 0 Å². The van der Waals surface area contributed by atoms with Gasteiger partial charge < -0.3 is 10.5 Å². The third kappa shape index (κ3) is 2.68. The molecule has 0 radical (unpaired) electrons. The van der Waals surface area contributed by atoms with Gasteiger partial charge in [-0.05, 0) is 48.9 Å². The molecule has 0 amide bonds. The maximum Gasteiger partial charge on any atom is 0.146 e. The third-order valence-electron chi connectivity index (χ3n) is 2.31. The van der Waals surface area contributed by atoms with Crippen LogP contribution in [0, 0.1) is 12.7 Å². The summed E-state index contributed by atoms with van der Waals surface area (Å²) >= 11 is 5.98. The molecule has 2 N–H and O–H groups in total. The molecule has 0 aliphatic carbocycles. The van der Waals surface area contributed by atoms with E-state index in [1.807, 2.05) is 0 Å². The first-order valence-corrected chi connectivity index (χ1v) is 5.43. The lowest BCUT2D eigenvalue weighted by molar-refractivity contribution is 0.477. The van der Waals surface area contributed by atoms with Crippen LogP contribution in [-0.4, -0.2) is 0 Å². The van der Waals surface area contributed by atoms with Crippen molar-refractivity contribution in [1.29, 1.82) is 0 Å². The molecule has 0 aromatic heterocycles. The Bertz CT molecular complexity index is 508. The van der Waals surface area contributed by atoms with Crippen molar-refractivity contribution in [2.24, 2.45) is 0 Å². The smallest absolute Gasteiger partial charge is 0.146 e. The highest BCUT2D eigenvalue weighted by Crippen LogP contribution is 2.32. The topological polar surface area (TPSA) is 35.2 Å². The minimum atomic E-state index is -0.293. The van der Waals surface area contributed by atoms with Gasteiger partial charge in [-0.2, -0.15) is 0 Å². The quantitative estimate of drug-likeness (QED) is 0.814. The Kier molecular flexibility index (Phi) is 3.20. The molecule has 0 saturated carbocycles. The summed E-state index contributed by atoms with van der Waals surface area (Å²) in [5.41, 5.74) is 6.86. The number of nitrogen functional groups attached to an aromatic ring is 1. The highest BCUT2D eigenvalue weighted by Gasteiger charge is 2.06. The van der Waals surface area contributed by atoms with Gasteiger partial charge in [-0.15, -0.1) is 0 Å². The molecule has 0 bridgehead atoms. The molecule has 0 heterocycles. The molecule has 2 aromatic rings. The zero-order valence-corrected chi connectivity index (χ0v) is 9.96. The molecule has 0 aliphatic heterocycles. The summed E-state index contributed by atoms with van der Waals surface area (Å²) in [7, 11) is 0. The van der Waals surface area contributed by atoms with Gasteiger partial charge in [0.15, 0.2) is 0 Å². The van der Waals surface area contributed by atoms with Crippen molar-refractivity contribution in [3.8, 4) is 11.5 Å². The molecular weight excluding hydrogens is 241 g/mol. The molecule has 0 atom stereocenters. The SMILES string of the molecule is Cc1cc(F)ccc1Oc1ccc(N)cc1Cl. The van der Waals surface area contributed by atoms with E-state index in [4.69, 9.17) is 22.1 Å². The van der Waals surface area contributed by atoms with Crippen LogP contribution in [0.1, 0.15) is 5.56 Å². The second kappa shape index (κ2) is 4.63. The van der Waals surface area contributed by atoms with Gasteiger partial charge >= 0.3 is 0 Å².